The number of nitrogens with one attached hydrogen (secondary N) is 2. The monoisotopic (exact) mass is 430 g/mol. The molecule has 22 heavy (non-hydrogen) atoms. The Balaban J connectivity index is 0.00000441. The van der Waals surface area contributed by atoms with Gasteiger partial charge in [0, 0.05) is 26.7 Å². The number of carbonyl (C=O) groups is 1. The minimum absolute atomic E-state index is 0. The van der Waals surface area contributed by atoms with E-state index in [4.69, 9.17) is 4.74 Å². The molecule has 2 N–H and O–H groups in total. The van der Waals surface area contributed by atoms with Gasteiger partial charge in [0.05, 0.1) is 12.7 Å². The van der Waals surface area contributed by atoms with Crippen molar-refractivity contribution in [2.24, 2.45) is 4.99 Å². The number of nitrogens with zero attached hydrogens (tertiary/aromatic N) is 2. The number of aliphatic imine (C=N–C) groups is 1. The van der Waals surface area contributed by atoms with E-state index in [2.05, 4.69) is 20.5 Å². The molecule has 1 amide bonds. The fourth-order valence-corrected chi connectivity index (χ4v) is 2.14. The highest BCUT2D eigenvalue weighted by molar-refractivity contribution is 14.0. The lowest BCUT2D eigenvalue weighted by molar-refractivity contribution is 0.0507. The Kier molecular flexibility index (Phi) is 9.70. The van der Waals surface area contributed by atoms with Gasteiger partial charge in [0.1, 0.15) is 5.60 Å². The van der Waals surface area contributed by atoms with Crippen LogP contribution in [0.3, 0.4) is 0 Å². The van der Waals surface area contributed by atoms with Crippen LogP contribution in [-0.2, 0) is 4.74 Å². The zero-order chi connectivity index (χ0) is 15.9. The second kappa shape index (κ2) is 10.1. The summed E-state index contributed by atoms with van der Waals surface area (Å²) in [5, 5.41) is 5.98. The van der Waals surface area contributed by atoms with Gasteiger partial charge < -0.3 is 20.3 Å². The highest BCUT2D eigenvalue weighted by atomic mass is 127. The topological polar surface area (TPSA) is 66.0 Å². The first-order valence-corrected chi connectivity index (χ1v) is 7.37. The molecule has 0 spiro atoms. The van der Waals surface area contributed by atoms with Gasteiger partial charge in [-0.05, 0) is 33.6 Å². The van der Waals surface area contributed by atoms with Crippen molar-refractivity contribution in [1.82, 2.24) is 15.5 Å². The maximum absolute atomic E-state index is 12.1. The number of amides is 1. The van der Waals surface area contributed by atoms with Crippen molar-refractivity contribution in [3.05, 3.63) is 0 Å². The van der Waals surface area contributed by atoms with E-state index in [1.807, 2.05) is 20.8 Å². The normalized spacial score (nSPS) is 18.7. The first kappa shape index (κ1) is 21.2. The van der Waals surface area contributed by atoms with Gasteiger partial charge in [0.25, 0.3) is 0 Å². The largest absolute Gasteiger partial charge is 0.444 e. The molecule has 6 nitrogen and oxygen atoms in total. The SMILES string of the molecule is CN=C(NCCCF)N1CC[C@@H](NC(=O)OC(C)(C)C)C1.I. The van der Waals surface area contributed by atoms with Gasteiger partial charge in [0.2, 0.25) is 0 Å². The van der Waals surface area contributed by atoms with Gasteiger partial charge in [0.15, 0.2) is 5.96 Å². The second-order valence-corrected chi connectivity index (χ2v) is 6.09. The fraction of sp³-hybridized carbons (Fsp3) is 0.857. The van der Waals surface area contributed by atoms with Gasteiger partial charge in [-0.2, -0.15) is 0 Å². The van der Waals surface area contributed by atoms with E-state index < -0.39 is 11.7 Å². The number of hydrogen-bond donors (Lipinski definition) is 2. The lowest BCUT2D eigenvalue weighted by Gasteiger charge is -2.23. The molecule has 8 heteroatoms. The minimum Gasteiger partial charge on any atom is -0.444 e. The molecule has 0 unspecified atom stereocenters. The van der Waals surface area contributed by atoms with Crippen LogP contribution in [0.5, 0.6) is 0 Å². The Morgan fingerprint density at radius 3 is 2.68 bits per heavy atom. The van der Waals surface area contributed by atoms with Gasteiger partial charge in [-0.1, -0.05) is 0 Å². The van der Waals surface area contributed by atoms with E-state index in [-0.39, 0.29) is 36.7 Å². The molecule has 1 heterocycles. The third-order valence-electron chi connectivity index (χ3n) is 3.01. The smallest absolute Gasteiger partial charge is 0.407 e. The van der Waals surface area contributed by atoms with E-state index >= 15 is 0 Å². The molecular weight excluding hydrogens is 402 g/mol. The summed E-state index contributed by atoms with van der Waals surface area (Å²) in [6, 6.07) is 0.0413. The maximum Gasteiger partial charge on any atom is 0.407 e. The summed E-state index contributed by atoms with van der Waals surface area (Å²) >= 11 is 0. The number of hydrogen-bond acceptors (Lipinski definition) is 3. The Labute approximate surface area is 149 Å². The van der Waals surface area contributed by atoms with E-state index in [0.717, 1.165) is 18.9 Å². The highest BCUT2D eigenvalue weighted by Crippen LogP contribution is 2.11. The fourth-order valence-electron chi connectivity index (χ4n) is 2.14. The summed E-state index contributed by atoms with van der Waals surface area (Å²) in [6.45, 7) is 7.21. The number of ether oxygens (including phenoxy) is 1. The number of alkyl halides is 1. The molecule has 0 aromatic carbocycles. The Morgan fingerprint density at radius 2 is 2.14 bits per heavy atom. The molecular formula is C14H28FIN4O2. The number of alkyl carbamates (subject to hydrolysis) is 1. The Bertz CT molecular complexity index is 374. The first-order valence-electron chi connectivity index (χ1n) is 7.37. The van der Waals surface area contributed by atoms with Crippen LogP contribution < -0.4 is 10.6 Å². The molecule has 1 rings (SSSR count). The maximum atomic E-state index is 12.1. The van der Waals surface area contributed by atoms with E-state index in [1.54, 1.807) is 7.05 Å². The van der Waals surface area contributed by atoms with Gasteiger partial charge >= 0.3 is 6.09 Å². The lowest BCUT2D eigenvalue weighted by Crippen LogP contribution is -2.44. The molecule has 1 fully saturated rings. The van der Waals surface area contributed by atoms with Crippen LogP contribution in [0.15, 0.2) is 4.99 Å². The van der Waals surface area contributed by atoms with Crippen molar-refractivity contribution < 1.29 is 13.9 Å². The second-order valence-electron chi connectivity index (χ2n) is 6.09. The van der Waals surface area contributed by atoms with E-state index in [0.29, 0.717) is 19.5 Å². The summed E-state index contributed by atoms with van der Waals surface area (Å²) in [6.07, 6.45) is 0.907. The van der Waals surface area contributed by atoms with Crippen molar-refractivity contribution in [3.8, 4) is 0 Å². The highest BCUT2D eigenvalue weighted by Gasteiger charge is 2.27. The first-order chi connectivity index (χ1) is 9.85. The molecule has 1 aliphatic heterocycles. The predicted molar refractivity (Wildman–Crippen MR) is 96.7 cm³/mol. The van der Waals surface area contributed by atoms with Gasteiger partial charge in [-0.3, -0.25) is 9.38 Å². The number of likely N-dealkylation sites (tertiary alicyclic amines) is 1. The quantitative estimate of drug-likeness (QED) is 0.311. The van der Waals surface area contributed by atoms with Crippen molar-refractivity contribution in [3.63, 3.8) is 0 Å². The molecule has 0 aromatic heterocycles. The van der Waals surface area contributed by atoms with Crippen LogP contribution in [0.1, 0.15) is 33.6 Å². The molecule has 1 aliphatic rings. The van der Waals surface area contributed by atoms with E-state index in [9.17, 15) is 9.18 Å². The van der Waals surface area contributed by atoms with Gasteiger partial charge in [-0.25, -0.2) is 4.79 Å². The predicted octanol–water partition coefficient (Wildman–Crippen LogP) is 2.14. The Hall–Kier alpha value is -0.800. The van der Waals surface area contributed by atoms with Crippen molar-refractivity contribution in [2.45, 2.75) is 45.3 Å². The van der Waals surface area contributed by atoms with Crippen LogP contribution in [-0.4, -0.2) is 62.0 Å². The zero-order valence-electron chi connectivity index (χ0n) is 13.8. The molecule has 0 saturated carbocycles. The summed E-state index contributed by atoms with van der Waals surface area (Å²) < 4.78 is 17.4. The molecule has 0 aliphatic carbocycles. The van der Waals surface area contributed by atoms with Crippen LogP contribution in [0.4, 0.5) is 9.18 Å². The number of halogens is 2. The standard InChI is InChI=1S/C14H27FN4O2.HI/c1-14(2,3)21-13(20)18-11-6-9-19(10-11)12(16-4)17-8-5-7-15;/h11H,5-10H2,1-4H3,(H,16,17)(H,18,20);1H/t11-;/m1./s1. The van der Waals surface area contributed by atoms with Crippen LogP contribution in [0.2, 0.25) is 0 Å². The van der Waals surface area contributed by atoms with E-state index in [1.165, 1.54) is 0 Å². The average Bonchev–Trinajstić information content (AvgIpc) is 2.80. The van der Waals surface area contributed by atoms with Crippen molar-refractivity contribution >= 4 is 36.0 Å². The van der Waals surface area contributed by atoms with Gasteiger partial charge in [-0.15, -0.1) is 24.0 Å². The molecule has 0 aromatic rings. The summed E-state index contributed by atoms with van der Waals surface area (Å²) in [5.74, 6) is 0.747. The molecule has 0 radical (unpaired) electrons. The molecule has 0 bridgehead atoms. The van der Waals surface area contributed by atoms with Crippen LogP contribution in [0.25, 0.3) is 0 Å². The Morgan fingerprint density at radius 1 is 1.45 bits per heavy atom. The zero-order valence-corrected chi connectivity index (χ0v) is 16.1. The molecule has 1 saturated heterocycles. The van der Waals surface area contributed by atoms with Crippen molar-refractivity contribution in [1.29, 1.82) is 0 Å². The number of carbonyl (C=O) groups excluding carboxylic acids is 1. The number of guanidine groups is 1. The number of rotatable bonds is 4. The van der Waals surface area contributed by atoms with Crippen LogP contribution >= 0.6 is 24.0 Å². The third kappa shape index (κ3) is 8.00. The van der Waals surface area contributed by atoms with Crippen molar-refractivity contribution in [2.75, 3.05) is 33.4 Å². The summed E-state index contributed by atoms with van der Waals surface area (Å²) in [7, 11) is 1.70. The average molecular weight is 430 g/mol. The molecule has 1 atom stereocenters. The van der Waals surface area contributed by atoms with Crippen LogP contribution in [0, 0.1) is 0 Å². The lowest BCUT2D eigenvalue weighted by atomic mass is 10.2. The third-order valence-corrected chi connectivity index (χ3v) is 3.01. The summed E-state index contributed by atoms with van der Waals surface area (Å²) in [5.41, 5.74) is -0.494. The summed E-state index contributed by atoms with van der Waals surface area (Å²) in [4.78, 5) is 18.0. The minimum atomic E-state index is -0.494. The molecule has 130 valence electrons.